The fraction of sp³-hybridized carbons (Fsp3) is 0.323. The van der Waals surface area contributed by atoms with Crippen LogP contribution in [0.3, 0.4) is 0 Å². The summed E-state index contributed by atoms with van der Waals surface area (Å²) in [6.07, 6.45) is 16.8. The first-order valence-corrected chi connectivity index (χ1v) is 14.0. The molecular weight excluding hydrogens is 502 g/mol. The van der Waals surface area contributed by atoms with Crippen molar-refractivity contribution >= 4 is 29.0 Å². The number of fused-ring (bicyclic) bond motifs is 1. The molecule has 9 nitrogen and oxygen atoms in total. The van der Waals surface area contributed by atoms with Gasteiger partial charge in [0.05, 0.1) is 6.04 Å². The minimum atomic E-state index is -0.247. The molecule has 9 heteroatoms. The van der Waals surface area contributed by atoms with E-state index in [2.05, 4.69) is 21.4 Å². The van der Waals surface area contributed by atoms with Crippen LogP contribution >= 0.6 is 0 Å². The zero-order valence-corrected chi connectivity index (χ0v) is 22.4. The Bertz CT molecular complexity index is 1540. The predicted molar refractivity (Wildman–Crippen MR) is 154 cm³/mol. The Balaban J connectivity index is 1.26. The number of nitrogens with zero attached hydrogens (tertiary/aromatic N) is 5. The van der Waals surface area contributed by atoms with Crippen molar-refractivity contribution < 1.29 is 9.59 Å². The molecule has 1 saturated heterocycles. The molecule has 0 unspecified atom stereocenters. The zero-order valence-electron chi connectivity index (χ0n) is 22.4. The average molecular weight is 536 g/mol. The van der Waals surface area contributed by atoms with Gasteiger partial charge in [-0.3, -0.25) is 14.0 Å². The monoisotopic (exact) mass is 535 g/mol. The van der Waals surface area contributed by atoms with E-state index in [1.54, 1.807) is 42.7 Å². The molecule has 2 aliphatic rings. The maximum absolute atomic E-state index is 13.2. The van der Waals surface area contributed by atoms with E-state index in [1.165, 1.54) is 25.7 Å². The van der Waals surface area contributed by atoms with Gasteiger partial charge in [-0.25, -0.2) is 15.0 Å². The second-order valence-corrected chi connectivity index (χ2v) is 10.6. The highest BCUT2D eigenvalue weighted by Crippen LogP contribution is 2.36. The number of imidazole rings is 1. The summed E-state index contributed by atoms with van der Waals surface area (Å²) in [5, 5.41) is 2.80. The van der Waals surface area contributed by atoms with Crippen molar-refractivity contribution in [3.8, 4) is 11.3 Å². The molecule has 40 heavy (non-hydrogen) atoms. The molecule has 1 aliphatic heterocycles. The number of hydrogen-bond acceptors (Lipinski definition) is 6. The topological polar surface area (TPSA) is 119 Å². The number of amides is 2. The number of carbonyl (C=O) groups is 2. The molecule has 0 radical (unpaired) electrons. The fourth-order valence-corrected chi connectivity index (χ4v) is 5.93. The number of nitrogens with one attached hydrogen (secondary N) is 1. The van der Waals surface area contributed by atoms with E-state index in [4.69, 9.17) is 10.7 Å². The fourth-order valence-electron chi connectivity index (χ4n) is 5.93. The maximum Gasteiger partial charge on any atom is 0.256 e. The van der Waals surface area contributed by atoms with Crippen LogP contribution in [-0.2, 0) is 4.79 Å². The van der Waals surface area contributed by atoms with Gasteiger partial charge >= 0.3 is 0 Å². The van der Waals surface area contributed by atoms with Gasteiger partial charge < -0.3 is 16.0 Å². The minimum absolute atomic E-state index is 0.0316. The van der Waals surface area contributed by atoms with E-state index < -0.39 is 0 Å². The van der Waals surface area contributed by atoms with Crippen LogP contribution in [0.15, 0.2) is 73.2 Å². The van der Waals surface area contributed by atoms with Crippen LogP contribution in [0.4, 0.5) is 11.6 Å². The van der Waals surface area contributed by atoms with E-state index in [-0.39, 0.29) is 17.9 Å². The van der Waals surface area contributed by atoms with Crippen molar-refractivity contribution in [3.05, 3.63) is 84.6 Å². The van der Waals surface area contributed by atoms with Crippen LogP contribution in [-0.4, -0.2) is 42.6 Å². The summed E-state index contributed by atoms with van der Waals surface area (Å²) in [6, 6.07) is 12.4. The summed E-state index contributed by atoms with van der Waals surface area (Å²) in [5.41, 5.74) is 9.04. The summed E-state index contributed by atoms with van der Waals surface area (Å²) in [6.45, 7) is 0.697. The van der Waals surface area contributed by atoms with Crippen molar-refractivity contribution in [2.45, 2.75) is 51.0 Å². The Labute approximate surface area is 233 Å². The van der Waals surface area contributed by atoms with E-state index in [0.717, 1.165) is 30.7 Å². The molecule has 3 N–H and O–H groups in total. The second kappa shape index (κ2) is 11.3. The Morgan fingerprint density at radius 3 is 2.60 bits per heavy atom. The minimum Gasteiger partial charge on any atom is -0.382 e. The average Bonchev–Trinajstić information content (AvgIpc) is 3.74. The molecule has 6 rings (SSSR count). The maximum atomic E-state index is 13.2. The molecule has 2 fully saturated rings. The van der Waals surface area contributed by atoms with Gasteiger partial charge in [-0.1, -0.05) is 50.0 Å². The molecule has 0 bridgehead atoms. The number of nitrogen functional groups attached to an aromatic ring is 1. The largest absolute Gasteiger partial charge is 0.382 e. The van der Waals surface area contributed by atoms with Crippen molar-refractivity contribution in [1.29, 1.82) is 0 Å². The lowest BCUT2D eigenvalue weighted by Crippen LogP contribution is -2.30. The summed E-state index contributed by atoms with van der Waals surface area (Å²) >= 11 is 0. The number of anilines is 2. The number of carbonyl (C=O) groups excluding carboxylic acids is 2. The van der Waals surface area contributed by atoms with Crippen LogP contribution in [0, 0.1) is 5.92 Å². The van der Waals surface area contributed by atoms with Crippen molar-refractivity contribution in [2.24, 2.45) is 5.92 Å². The van der Waals surface area contributed by atoms with E-state index in [9.17, 15) is 9.59 Å². The van der Waals surface area contributed by atoms with E-state index >= 15 is 0 Å². The van der Waals surface area contributed by atoms with Gasteiger partial charge in [-0.2, -0.15) is 0 Å². The highest BCUT2D eigenvalue weighted by atomic mass is 16.2. The lowest BCUT2D eigenvalue weighted by atomic mass is 10.0. The van der Waals surface area contributed by atoms with Crippen molar-refractivity contribution in [3.63, 3.8) is 0 Å². The Morgan fingerprint density at radius 1 is 1.00 bits per heavy atom. The Morgan fingerprint density at radius 2 is 1.82 bits per heavy atom. The van der Waals surface area contributed by atoms with Gasteiger partial charge in [-0.05, 0) is 55.5 Å². The number of likely N-dealkylation sites (tertiary alicyclic amines) is 1. The Kier molecular flexibility index (Phi) is 7.27. The summed E-state index contributed by atoms with van der Waals surface area (Å²) in [4.78, 5) is 41.4. The van der Waals surface area contributed by atoms with Crippen molar-refractivity contribution in [1.82, 2.24) is 24.3 Å². The van der Waals surface area contributed by atoms with Crippen molar-refractivity contribution in [2.75, 3.05) is 17.6 Å². The van der Waals surface area contributed by atoms with Gasteiger partial charge in [0.1, 0.15) is 28.7 Å². The second-order valence-electron chi connectivity index (χ2n) is 10.6. The normalized spacial score (nSPS) is 17.7. The predicted octanol–water partition coefficient (Wildman–Crippen LogP) is 5.43. The summed E-state index contributed by atoms with van der Waals surface area (Å²) in [5.74, 6) is 2.11. The summed E-state index contributed by atoms with van der Waals surface area (Å²) in [7, 11) is 0. The number of benzene rings is 1. The lowest BCUT2D eigenvalue weighted by molar-refractivity contribution is -0.127. The number of hydrogen-bond donors (Lipinski definition) is 2. The molecule has 1 atom stereocenters. The third-order valence-electron chi connectivity index (χ3n) is 7.98. The highest BCUT2D eigenvalue weighted by Gasteiger charge is 2.33. The number of pyridine rings is 1. The van der Waals surface area contributed by atoms with Crippen LogP contribution in [0.2, 0.25) is 0 Å². The first kappa shape index (κ1) is 25.7. The van der Waals surface area contributed by atoms with Gasteiger partial charge in [0.2, 0.25) is 5.91 Å². The number of rotatable bonds is 7. The lowest BCUT2D eigenvalue weighted by Gasteiger charge is -2.22. The summed E-state index contributed by atoms with van der Waals surface area (Å²) < 4.78 is 1.96. The zero-order chi connectivity index (χ0) is 27.5. The third-order valence-corrected chi connectivity index (χ3v) is 7.98. The third kappa shape index (κ3) is 5.19. The van der Waals surface area contributed by atoms with Crippen LogP contribution in [0.1, 0.15) is 67.2 Å². The first-order valence-electron chi connectivity index (χ1n) is 14.0. The van der Waals surface area contributed by atoms with Crippen LogP contribution < -0.4 is 11.1 Å². The molecule has 204 valence electrons. The van der Waals surface area contributed by atoms with E-state index in [1.807, 2.05) is 33.7 Å². The molecule has 4 aromatic rings. The molecule has 3 aromatic heterocycles. The number of allylic oxidation sites excluding steroid dienone is 1. The molecule has 1 aromatic carbocycles. The smallest absolute Gasteiger partial charge is 0.256 e. The van der Waals surface area contributed by atoms with E-state index in [0.29, 0.717) is 40.9 Å². The molecular formula is C31H33N7O2. The molecule has 1 aliphatic carbocycles. The molecule has 1 saturated carbocycles. The molecule has 2 amide bonds. The molecule has 4 heterocycles. The van der Waals surface area contributed by atoms with Gasteiger partial charge in [0, 0.05) is 36.3 Å². The van der Waals surface area contributed by atoms with Gasteiger partial charge in [0.15, 0.2) is 0 Å². The number of nitrogens with two attached hydrogens (primary N) is 1. The molecule has 0 spiro atoms. The SMILES string of the molecule is Nc1nccn2c([C@@H]3CCCN3C(=O)/C=C/CC3CCCC3)nc(-c3ccc(C(=O)Nc4ccccn4)cc3)c12. The van der Waals surface area contributed by atoms with Gasteiger partial charge in [0.25, 0.3) is 5.91 Å². The number of aromatic nitrogens is 4. The first-order chi connectivity index (χ1) is 19.6. The Hall–Kier alpha value is -4.53. The standard InChI is InChI=1S/C31H33N7O2/c32-29-28-27(22-13-15-23(16-14-22)31(40)35-25-11-3-4-17-33-25)36-30(38(28)20-18-34-29)24-10-6-19-37(24)26(39)12-5-9-21-7-1-2-8-21/h3-5,11-18,20-21,24H,1-2,6-10,19H2,(H2,32,34)(H,33,35,40)/b12-5+/t24-/m0/s1. The van der Waals surface area contributed by atoms with Crippen LogP contribution in [0.5, 0.6) is 0 Å². The van der Waals surface area contributed by atoms with Gasteiger partial charge in [-0.15, -0.1) is 0 Å². The van der Waals surface area contributed by atoms with Crippen LogP contribution in [0.25, 0.3) is 16.8 Å². The highest BCUT2D eigenvalue weighted by molar-refractivity contribution is 6.04. The quantitative estimate of drug-likeness (QED) is 0.305.